The molecular weight excluding hydrogens is 378 g/mol. The molecule has 0 saturated heterocycles. The van der Waals surface area contributed by atoms with Crippen molar-refractivity contribution < 1.29 is 53.4 Å². The summed E-state index contributed by atoms with van der Waals surface area (Å²) in [7, 11) is 0. The van der Waals surface area contributed by atoms with Crippen LogP contribution in [0.1, 0.15) is 25.7 Å². The largest absolute Gasteiger partial charge is 0.483 e. The molecule has 0 spiro atoms. The van der Waals surface area contributed by atoms with Gasteiger partial charge in [-0.2, -0.15) is 39.5 Å². The van der Waals surface area contributed by atoms with E-state index in [9.17, 15) is 43.9 Å². The predicted octanol–water partition coefficient (Wildman–Crippen LogP) is 5.49. The average Bonchev–Trinajstić information content (AvgIpc) is 2.41. The summed E-state index contributed by atoms with van der Waals surface area (Å²) >= 11 is 0. The summed E-state index contributed by atoms with van der Waals surface area (Å²) in [6.45, 7) is 0.0443. The Kier molecular flexibility index (Phi) is 8.68. The molecule has 0 aliphatic heterocycles. The quantitative estimate of drug-likeness (QED) is 0.248. The first-order valence-corrected chi connectivity index (χ1v) is 6.89. The summed E-state index contributed by atoms with van der Waals surface area (Å²) in [4.78, 5) is 0. The van der Waals surface area contributed by atoms with Gasteiger partial charge in [-0.25, -0.2) is 9.13 Å². The van der Waals surface area contributed by atoms with Crippen molar-refractivity contribution in [3.05, 3.63) is 12.7 Å². The van der Waals surface area contributed by atoms with Crippen molar-refractivity contribution in [3.63, 3.8) is 0 Å². The fourth-order valence-corrected chi connectivity index (χ4v) is 1.43. The molecule has 0 aromatic carbocycles. The zero-order valence-corrected chi connectivity index (χ0v) is 12.7. The minimum atomic E-state index is -6.62. The fraction of sp³-hybridized carbons (Fsp3) is 0.846. The molecule has 0 aromatic heterocycles. The highest BCUT2D eigenvalue weighted by Crippen LogP contribution is 2.45. The summed E-state index contributed by atoms with van der Waals surface area (Å²) in [5.74, 6) is -5.54. The first-order chi connectivity index (χ1) is 11.2. The lowest BCUT2D eigenvalue weighted by molar-refractivity contribution is -0.487. The number of halogens is 10. The number of allylic oxidation sites excluding steroid dienone is 1. The zero-order chi connectivity index (χ0) is 19.9. The molecule has 0 rings (SSSR count). The van der Waals surface area contributed by atoms with Crippen LogP contribution in [0.2, 0.25) is 0 Å². The highest BCUT2D eigenvalue weighted by molar-refractivity contribution is 4.80. The van der Waals surface area contributed by atoms with Crippen molar-refractivity contribution in [2.24, 2.45) is 0 Å². The Morgan fingerprint density at radius 2 is 1.44 bits per heavy atom. The number of rotatable bonds is 12. The van der Waals surface area contributed by atoms with Gasteiger partial charge in [0, 0.05) is 0 Å². The maximum atomic E-state index is 13.2. The molecule has 25 heavy (non-hydrogen) atoms. The van der Waals surface area contributed by atoms with Gasteiger partial charge >= 0.3 is 24.3 Å². The lowest BCUT2D eigenvalue weighted by Crippen LogP contribution is -2.53. The van der Waals surface area contributed by atoms with Gasteiger partial charge in [-0.05, 0) is 19.3 Å². The number of ether oxygens (including phenoxy) is 2. The standard InChI is InChI=1S/C13H16F10O2/c1-2-3-4-5-6-9(14)7-24-8-10(15,16)12(20,21)25-13(22,23)11(17,18)19/h2,9H,1,3-8H2/t9-/m0/s1. The van der Waals surface area contributed by atoms with Crippen molar-refractivity contribution in [1.82, 2.24) is 0 Å². The van der Waals surface area contributed by atoms with Crippen LogP contribution < -0.4 is 0 Å². The smallest absolute Gasteiger partial charge is 0.372 e. The second-order valence-corrected chi connectivity index (χ2v) is 5.02. The molecule has 1 atom stereocenters. The first kappa shape index (κ1) is 24.0. The van der Waals surface area contributed by atoms with Crippen molar-refractivity contribution >= 4 is 0 Å². The maximum Gasteiger partial charge on any atom is 0.483 e. The van der Waals surface area contributed by atoms with Crippen LogP contribution in [0.3, 0.4) is 0 Å². The number of alkyl halides is 10. The molecule has 0 unspecified atom stereocenters. The van der Waals surface area contributed by atoms with Gasteiger partial charge < -0.3 is 4.74 Å². The molecule has 0 radical (unpaired) electrons. The minimum absolute atomic E-state index is 0.140. The maximum absolute atomic E-state index is 13.2. The Bertz CT molecular complexity index is 408. The SMILES string of the molecule is C=CCCCC[C@H](F)COCC(F)(F)C(F)(F)OC(F)(F)C(F)(F)F. The van der Waals surface area contributed by atoms with Gasteiger partial charge in [0.15, 0.2) is 0 Å². The molecule has 0 saturated carbocycles. The third-order valence-corrected chi connectivity index (χ3v) is 2.77. The topological polar surface area (TPSA) is 18.5 Å². The molecule has 0 heterocycles. The van der Waals surface area contributed by atoms with Gasteiger partial charge in [-0.3, -0.25) is 0 Å². The molecule has 0 amide bonds. The van der Waals surface area contributed by atoms with E-state index in [1.165, 1.54) is 0 Å². The number of hydrogen-bond acceptors (Lipinski definition) is 2. The minimum Gasteiger partial charge on any atom is -0.372 e. The van der Waals surface area contributed by atoms with Crippen LogP contribution in [0.4, 0.5) is 43.9 Å². The van der Waals surface area contributed by atoms with E-state index in [4.69, 9.17) is 0 Å². The second-order valence-electron chi connectivity index (χ2n) is 5.02. The van der Waals surface area contributed by atoms with Crippen molar-refractivity contribution in [2.45, 2.75) is 56.2 Å². The molecule has 0 bridgehead atoms. The van der Waals surface area contributed by atoms with E-state index in [1.54, 1.807) is 6.08 Å². The molecule has 0 aliphatic rings. The van der Waals surface area contributed by atoms with Gasteiger partial charge in [0.05, 0.1) is 6.61 Å². The number of unbranched alkanes of at least 4 members (excludes halogenated alkanes) is 2. The molecule has 0 N–H and O–H groups in total. The summed E-state index contributed by atoms with van der Waals surface area (Å²) in [6.07, 6.45) is -18.3. The van der Waals surface area contributed by atoms with Crippen LogP contribution in [0.5, 0.6) is 0 Å². The molecule has 0 fully saturated rings. The molecule has 12 heteroatoms. The summed E-state index contributed by atoms with van der Waals surface area (Å²) in [6, 6.07) is 0. The van der Waals surface area contributed by atoms with E-state index in [2.05, 4.69) is 11.3 Å². The van der Waals surface area contributed by atoms with Gasteiger partial charge in [0.1, 0.15) is 12.8 Å². The molecule has 2 nitrogen and oxygen atoms in total. The monoisotopic (exact) mass is 394 g/mol. The van der Waals surface area contributed by atoms with Gasteiger partial charge in [-0.15, -0.1) is 6.58 Å². The van der Waals surface area contributed by atoms with Crippen molar-refractivity contribution in [3.8, 4) is 0 Å². The van der Waals surface area contributed by atoms with Crippen LogP contribution >= 0.6 is 0 Å². The summed E-state index contributed by atoms with van der Waals surface area (Å²) in [5, 5.41) is 0. The van der Waals surface area contributed by atoms with Crippen LogP contribution in [0.25, 0.3) is 0 Å². The van der Waals surface area contributed by atoms with Gasteiger partial charge in [0.25, 0.3) is 0 Å². The van der Waals surface area contributed by atoms with E-state index in [0.717, 1.165) is 0 Å². The molecule has 0 aliphatic carbocycles. The second kappa shape index (κ2) is 9.06. The van der Waals surface area contributed by atoms with Crippen LogP contribution in [-0.4, -0.2) is 43.7 Å². The summed E-state index contributed by atoms with van der Waals surface area (Å²) < 4.78 is 131. The lowest BCUT2D eigenvalue weighted by Gasteiger charge is -2.30. The van der Waals surface area contributed by atoms with E-state index in [0.29, 0.717) is 19.3 Å². The summed E-state index contributed by atoms with van der Waals surface area (Å²) in [5.41, 5.74) is 0. The Labute approximate surface area is 136 Å². The zero-order valence-electron chi connectivity index (χ0n) is 12.7. The highest BCUT2D eigenvalue weighted by atomic mass is 19.4. The van der Waals surface area contributed by atoms with E-state index >= 15 is 0 Å². The molecule has 0 aromatic rings. The van der Waals surface area contributed by atoms with E-state index in [1.807, 2.05) is 4.74 Å². The third kappa shape index (κ3) is 7.80. The normalized spacial score (nSPS) is 15.3. The Balaban J connectivity index is 4.52. The van der Waals surface area contributed by atoms with Crippen molar-refractivity contribution in [2.75, 3.05) is 13.2 Å². The molecular formula is C13H16F10O2. The Morgan fingerprint density at radius 1 is 0.880 bits per heavy atom. The van der Waals surface area contributed by atoms with E-state index < -0.39 is 43.7 Å². The fourth-order valence-electron chi connectivity index (χ4n) is 1.43. The highest BCUT2D eigenvalue weighted by Gasteiger charge is 2.70. The average molecular weight is 394 g/mol. The van der Waals surface area contributed by atoms with Gasteiger partial charge in [-0.1, -0.05) is 12.5 Å². The third-order valence-electron chi connectivity index (χ3n) is 2.77. The van der Waals surface area contributed by atoms with Crippen molar-refractivity contribution in [1.29, 1.82) is 0 Å². The Morgan fingerprint density at radius 3 is 1.92 bits per heavy atom. The predicted molar refractivity (Wildman–Crippen MR) is 66.4 cm³/mol. The Hall–Kier alpha value is -1.04. The van der Waals surface area contributed by atoms with Crippen LogP contribution in [0, 0.1) is 0 Å². The number of hydrogen-bond donors (Lipinski definition) is 0. The van der Waals surface area contributed by atoms with Gasteiger partial charge in [0.2, 0.25) is 0 Å². The van der Waals surface area contributed by atoms with Crippen LogP contribution in [-0.2, 0) is 9.47 Å². The lowest BCUT2D eigenvalue weighted by atomic mass is 10.1. The van der Waals surface area contributed by atoms with E-state index in [-0.39, 0.29) is 6.42 Å². The van der Waals surface area contributed by atoms with Crippen LogP contribution in [0.15, 0.2) is 12.7 Å². The first-order valence-electron chi connectivity index (χ1n) is 6.89. The molecule has 150 valence electrons.